The van der Waals surface area contributed by atoms with Gasteiger partial charge in [-0.15, -0.1) is 0 Å². The molecule has 0 fully saturated rings. The molecule has 1 radical (unpaired) electrons. The van der Waals surface area contributed by atoms with E-state index in [9.17, 15) is 0 Å². The highest BCUT2D eigenvalue weighted by Crippen LogP contribution is 2.09. The van der Waals surface area contributed by atoms with Gasteiger partial charge < -0.3 is 9.79 Å². The molecule has 0 aromatic rings. The molecule has 5 heavy (non-hydrogen) atoms. The van der Waals surface area contributed by atoms with Crippen molar-refractivity contribution in [3.63, 3.8) is 0 Å². The van der Waals surface area contributed by atoms with E-state index >= 15 is 0 Å². The van der Waals surface area contributed by atoms with Gasteiger partial charge in [0.2, 0.25) is 6.72 Å². The maximum atomic E-state index is 7.89. The second kappa shape index (κ2) is 4.84. The molecule has 2 unspecified atom stereocenters. The van der Waals surface area contributed by atoms with E-state index in [4.69, 9.17) is 9.79 Å². The largest absolute Gasteiger partial charge is 0.387 e. The van der Waals surface area contributed by atoms with Crippen LogP contribution in [0.3, 0.4) is 0 Å². The maximum Gasteiger partial charge on any atom is 0.244 e. The molecule has 0 saturated carbocycles. The van der Waals surface area contributed by atoms with Crippen LogP contribution in [0.1, 0.15) is 0 Å². The summed E-state index contributed by atoms with van der Waals surface area (Å²) in [6, 6.07) is 0. The molecule has 2 N–H and O–H groups in total. The lowest BCUT2D eigenvalue weighted by Gasteiger charge is -1.76. The molecule has 2 atom stereocenters. The minimum atomic E-state index is -0.205. The average Bonchev–Trinajstić information content (AvgIpc) is 1.41. The first-order chi connectivity index (χ1) is 2.41. The van der Waals surface area contributed by atoms with Crippen LogP contribution < -0.4 is 0 Å². The van der Waals surface area contributed by atoms with Crippen LogP contribution in [0.25, 0.3) is 0 Å². The zero-order valence-electron chi connectivity index (χ0n) is 2.47. The highest BCUT2D eigenvalue weighted by Gasteiger charge is 1.76. The second-order valence-electron chi connectivity index (χ2n) is 0.403. The van der Waals surface area contributed by atoms with Crippen molar-refractivity contribution in [1.29, 1.82) is 0 Å². The first-order valence-corrected chi connectivity index (χ1v) is 3.07. The summed E-state index contributed by atoms with van der Waals surface area (Å²) in [6.45, 7) is 1.42. The third-order valence-electron chi connectivity index (χ3n) is 0.129. The third kappa shape index (κ3) is 4.84. The van der Waals surface area contributed by atoms with Crippen molar-refractivity contribution >= 4 is 24.1 Å². The zero-order chi connectivity index (χ0) is 4.12. The first-order valence-electron chi connectivity index (χ1n) is 1.02. The molecule has 5 heteroatoms. The van der Waals surface area contributed by atoms with Gasteiger partial charge in [-0.2, -0.15) is 0 Å². The SMILES string of the molecule is OP[B]PO. The number of rotatable bonds is 2. The van der Waals surface area contributed by atoms with Crippen LogP contribution in [0.5, 0.6) is 0 Å². The van der Waals surface area contributed by atoms with Crippen molar-refractivity contribution in [3.05, 3.63) is 0 Å². The Kier molecular flexibility index (Phi) is 5.66. The van der Waals surface area contributed by atoms with Crippen molar-refractivity contribution < 1.29 is 9.79 Å². The van der Waals surface area contributed by atoms with Crippen LogP contribution in [-0.4, -0.2) is 16.5 Å². The van der Waals surface area contributed by atoms with Gasteiger partial charge in [-0.05, 0) is 17.4 Å². The van der Waals surface area contributed by atoms with Gasteiger partial charge >= 0.3 is 0 Å². The highest BCUT2D eigenvalue weighted by molar-refractivity contribution is 7.97. The van der Waals surface area contributed by atoms with Crippen molar-refractivity contribution in [1.82, 2.24) is 0 Å². The lowest BCUT2D eigenvalue weighted by atomic mass is 10.7. The minimum absolute atomic E-state index is 0.205. The minimum Gasteiger partial charge on any atom is -0.387 e. The lowest BCUT2D eigenvalue weighted by molar-refractivity contribution is 0.654. The Labute approximate surface area is 34.9 Å². The van der Waals surface area contributed by atoms with Crippen LogP contribution >= 0.6 is 17.4 Å². The van der Waals surface area contributed by atoms with E-state index in [1.165, 1.54) is 6.72 Å². The van der Waals surface area contributed by atoms with Crippen molar-refractivity contribution in [3.8, 4) is 0 Å². The molecule has 29 valence electrons. The quantitative estimate of drug-likeness (QED) is 0.377. The monoisotopic (exact) mass is 109 g/mol. The Morgan fingerprint density at radius 1 is 1.20 bits per heavy atom. The molecular weight excluding hydrogens is 105 g/mol. The van der Waals surface area contributed by atoms with Gasteiger partial charge in [0, 0.05) is 0 Å². The van der Waals surface area contributed by atoms with Gasteiger partial charge in [0.25, 0.3) is 0 Å². The van der Waals surface area contributed by atoms with E-state index in [0.717, 1.165) is 0 Å². The molecule has 0 amide bonds. The standard InChI is InChI=1S/BH4O2P2/c2-4-1-5-3/h2-5H. The lowest BCUT2D eigenvalue weighted by Crippen LogP contribution is -1.58. The molecule has 0 aromatic heterocycles. The summed E-state index contributed by atoms with van der Waals surface area (Å²) in [5, 5.41) is 0. The Morgan fingerprint density at radius 2 is 1.60 bits per heavy atom. The average molecular weight is 109 g/mol. The first kappa shape index (κ1) is 5.84. The summed E-state index contributed by atoms with van der Waals surface area (Å²) < 4.78 is 0. The van der Waals surface area contributed by atoms with Crippen LogP contribution in [0.2, 0.25) is 0 Å². The molecule has 0 rings (SSSR count). The molecule has 0 bridgehead atoms. The Morgan fingerprint density at radius 3 is 1.60 bits per heavy atom. The molecule has 0 saturated heterocycles. The van der Waals surface area contributed by atoms with Gasteiger partial charge in [0.1, 0.15) is 0 Å². The van der Waals surface area contributed by atoms with E-state index in [1.807, 2.05) is 0 Å². The second-order valence-corrected chi connectivity index (χ2v) is 2.07. The van der Waals surface area contributed by atoms with Gasteiger partial charge in [0.05, 0.1) is 0 Å². The summed E-state index contributed by atoms with van der Waals surface area (Å²) in [7, 11) is -0.410. The third-order valence-corrected chi connectivity index (χ3v) is 1.16. The molecule has 0 spiro atoms. The van der Waals surface area contributed by atoms with Gasteiger partial charge in [-0.1, -0.05) is 0 Å². The summed E-state index contributed by atoms with van der Waals surface area (Å²) in [5.74, 6) is 0. The summed E-state index contributed by atoms with van der Waals surface area (Å²) >= 11 is 0. The van der Waals surface area contributed by atoms with E-state index in [1.54, 1.807) is 0 Å². The molecule has 0 aliphatic heterocycles. The number of hydrogen-bond donors (Lipinski definition) is 2. The van der Waals surface area contributed by atoms with E-state index in [0.29, 0.717) is 0 Å². The maximum absolute atomic E-state index is 7.89. The van der Waals surface area contributed by atoms with E-state index < -0.39 is 0 Å². The van der Waals surface area contributed by atoms with E-state index in [2.05, 4.69) is 0 Å². The van der Waals surface area contributed by atoms with Crippen LogP contribution in [-0.2, 0) is 0 Å². The van der Waals surface area contributed by atoms with Crippen LogP contribution in [0.4, 0.5) is 0 Å². The van der Waals surface area contributed by atoms with Crippen molar-refractivity contribution in [2.75, 3.05) is 0 Å². The Hall–Kier alpha value is 0.845. The number of hydrogen-bond acceptors (Lipinski definition) is 2. The van der Waals surface area contributed by atoms with E-state index in [-0.39, 0.29) is 17.4 Å². The smallest absolute Gasteiger partial charge is 0.244 e. The molecule has 0 aromatic carbocycles. The summed E-state index contributed by atoms with van der Waals surface area (Å²) in [5.41, 5.74) is 0. The zero-order valence-corrected chi connectivity index (χ0v) is 4.47. The Balaban J connectivity index is 2.19. The van der Waals surface area contributed by atoms with Crippen molar-refractivity contribution in [2.45, 2.75) is 0 Å². The fourth-order valence-electron chi connectivity index (χ4n) is 0.0289. The van der Waals surface area contributed by atoms with Gasteiger partial charge in [-0.25, -0.2) is 0 Å². The van der Waals surface area contributed by atoms with Gasteiger partial charge in [0.15, 0.2) is 0 Å². The fraction of sp³-hybridized carbons (Fsp3) is 0. The summed E-state index contributed by atoms with van der Waals surface area (Å²) in [4.78, 5) is 15.8. The molecule has 0 aliphatic rings. The molecule has 2 nitrogen and oxygen atoms in total. The summed E-state index contributed by atoms with van der Waals surface area (Å²) in [6.07, 6.45) is 0. The Bertz CT molecular complexity index is 15.1. The molecular formula is H4BO2P2. The van der Waals surface area contributed by atoms with Crippen LogP contribution in [0.15, 0.2) is 0 Å². The fourth-order valence-corrected chi connectivity index (χ4v) is 0.260. The predicted molar refractivity (Wildman–Crippen MR) is 26.8 cm³/mol. The normalized spacial score (nSPS) is 12.4. The van der Waals surface area contributed by atoms with Gasteiger partial charge in [-0.3, -0.25) is 0 Å². The highest BCUT2D eigenvalue weighted by atomic mass is 31.1. The predicted octanol–water partition coefficient (Wildman–Crippen LogP) is -0.308. The molecule has 0 heterocycles. The van der Waals surface area contributed by atoms with Crippen molar-refractivity contribution in [2.24, 2.45) is 0 Å². The topological polar surface area (TPSA) is 40.5 Å². The molecule has 0 aliphatic carbocycles. The van der Waals surface area contributed by atoms with Crippen LogP contribution in [0, 0.1) is 0 Å².